The molecule has 0 spiro atoms. The Morgan fingerprint density at radius 2 is 1.76 bits per heavy atom. The van der Waals surface area contributed by atoms with Crippen molar-refractivity contribution in [1.29, 1.82) is 0 Å². The first-order chi connectivity index (χ1) is 9.97. The first-order valence-electron chi connectivity index (χ1n) is 6.47. The Morgan fingerprint density at radius 3 is 2.33 bits per heavy atom. The Hall–Kier alpha value is -2.37. The molecule has 114 valence electrons. The maximum Gasteiger partial charge on any atom is 0.325 e. The van der Waals surface area contributed by atoms with Crippen LogP contribution >= 0.6 is 0 Å². The van der Waals surface area contributed by atoms with Gasteiger partial charge in [-0.25, -0.2) is 0 Å². The quantitative estimate of drug-likeness (QED) is 0.736. The Bertz CT molecular complexity index is 527. The van der Waals surface area contributed by atoms with Crippen molar-refractivity contribution in [2.75, 3.05) is 27.3 Å². The van der Waals surface area contributed by atoms with Gasteiger partial charge in [-0.3, -0.25) is 14.4 Å². The van der Waals surface area contributed by atoms with Crippen LogP contribution in [0, 0.1) is 6.92 Å². The minimum atomic E-state index is -0.541. The van der Waals surface area contributed by atoms with Crippen molar-refractivity contribution < 1.29 is 23.9 Å². The highest BCUT2D eigenvalue weighted by Gasteiger charge is 2.20. The number of nitrogens with zero attached hydrogens (tertiary/aromatic N) is 1. The number of methoxy groups -OCH3 is 2. The number of hydrogen-bond donors (Lipinski definition) is 0. The Kier molecular flexibility index (Phi) is 6.39. The van der Waals surface area contributed by atoms with E-state index in [0.29, 0.717) is 5.56 Å². The molecule has 0 bridgehead atoms. The fraction of sp³-hybridized carbons (Fsp3) is 0.400. The number of aryl methyl sites for hydroxylation is 1. The van der Waals surface area contributed by atoms with E-state index in [1.54, 1.807) is 18.2 Å². The van der Waals surface area contributed by atoms with Crippen molar-refractivity contribution in [3.8, 4) is 0 Å². The first-order valence-corrected chi connectivity index (χ1v) is 6.47. The van der Waals surface area contributed by atoms with Gasteiger partial charge in [0, 0.05) is 12.1 Å². The standard InChI is InChI=1S/C15H19NO5/c1-11-5-4-6-12(9-11)15(19)16(10-14(18)21-3)8-7-13(17)20-2/h4-6,9H,7-8,10H2,1-3H3. The van der Waals surface area contributed by atoms with Gasteiger partial charge in [-0.2, -0.15) is 0 Å². The van der Waals surface area contributed by atoms with Crippen molar-refractivity contribution in [3.63, 3.8) is 0 Å². The predicted octanol–water partition coefficient (Wildman–Crippen LogP) is 1.17. The summed E-state index contributed by atoms with van der Waals surface area (Å²) in [6.07, 6.45) is 0.0189. The third-order valence-corrected chi connectivity index (χ3v) is 2.91. The molecule has 0 radical (unpaired) electrons. The molecule has 0 aliphatic carbocycles. The van der Waals surface area contributed by atoms with Crippen molar-refractivity contribution in [2.45, 2.75) is 13.3 Å². The summed E-state index contributed by atoms with van der Waals surface area (Å²) in [5.41, 5.74) is 1.40. The number of carbonyl (C=O) groups excluding carboxylic acids is 3. The SMILES string of the molecule is COC(=O)CCN(CC(=O)OC)C(=O)c1cccc(C)c1. The molecule has 21 heavy (non-hydrogen) atoms. The molecule has 0 heterocycles. The van der Waals surface area contributed by atoms with Gasteiger partial charge in [0.15, 0.2) is 0 Å². The molecule has 0 aliphatic heterocycles. The van der Waals surface area contributed by atoms with Gasteiger partial charge in [0.2, 0.25) is 0 Å². The van der Waals surface area contributed by atoms with Crippen molar-refractivity contribution in [1.82, 2.24) is 4.90 Å². The molecule has 1 aromatic carbocycles. The van der Waals surface area contributed by atoms with Crippen LogP contribution in [-0.4, -0.2) is 50.1 Å². The molecule has 0 unspecified atom stereocenters. The summed E-state index contributed by atoms with van der Waals surface area (Å²) in [4.78, 5) is 36.3. The van der Waals surface area contributed by atoms with Crippen LogP contribution in [0.4, 0.5) is 0 Å². The van der Waals surface area contributed by atoms with Gasteiger partial charge in [0.25, 0.3) is 5.91 Å². The molecule has 1 aromatic rings. The summed E-state index contributed by atoms with van der Waals surface area (Å²) < 4.78 is 9.12. The van der Waals surface area contributed by atoms with Crippen molar-refractivity contribution in [2.24, 2.45) is 0 Å². The molecule has 0 N–H and O–H groups in total. The largest absolute Gasteiger partial charge is 0.469 e. The fourth-order valence-corrected chi connectivity index (χ4v) is 1.76. The van der Waals surface area contributed by atoms with E-state index in [0.717, 1.165) is 5.56 Å². The van der Waals surface area contributed by atoms with E-state index < -0.39 is 11.9 Å². The van der Waals surface area contributed by atoms with Crippen molar-refractivity contribution >= 4 is 17.8 Å². The smallest absolute Gasteiger partial charge is 0.325 e. The van der Waals surface area contributed by atoms with Gasteiger partial charge in [0.1, 0.15) is 6.54 Å². The summed E-state index contributed by atoms with van der Waals surface area (Å²) in [5.74, 6) is -1.31. The van der Waals surface area contributed by atoms with Gasteiger partial charge in [-0.1, -0.05) is 17.7 Å². The summed E-state index contributed by atoms with van der Waals surface area (Å²) in [6.45, 7) is 1.75. The van der Waals surface area contributed by atoms with Crippen LogP contribution in [0.5, 0.6) is 0 Å². The number of benzene rings is 1. The maximum absolute atomic E-state index is 12.4. The van der Waals surface area contributed by atoms with E-state index in [-0.39, 0.29) is 25.4 Å². The zero-order valence-corrected chi connectivity index (χ0v) is 12.4. The molecular formula is C15H19NO5. The van der Waals surface area contributed by atoms with E-state index in [9.17, 15) is 14.4 Å². The van der Waals surface area contributed by atoms with Crippen LogP contribution in [0.15, 0.2) is 24.3 Å². The number of hydrogen-bond acceptors (Lipinski definition) is 5. The van der Waals surface area contributed by atoms with Crippen LogP contribution in [0.25, 0.3) is 0 Å². The summed E-state index contributed by atoms with van der Waals surface area (Å²) in [7, 11) is 2.52. The average Bonchev–Trinajstić information content (AvgIpc) is 2.49. The monoisotopic (exact) mass is 293 g/mol. The lowest BCUT2D eigenvalue weighted by Gasteiger charge is -2.21. The first kappa shape index (κ1) is 16.7. The predicted molar refractivity (Wildman–Crippen MR) is 75.7 cm³/mol. The van der Waals surface area contributed by atoms with Crippen LogP contribution in [-0.2, 0) is 19.1 Å². The lowest BCUT2D eigenvalue weighted by Crippen LogP contribution is -2.37. The van der Waals surface area contributed by atoms with E-state index in [1.165, 1.54) is 19.1 Å². The van der Waals surface area contributed by atoms with Gasteiger partial charge < -0.3 is 14.4 Å². The lowest BCUT2D eigenvalue weighted by molar-refractivity contribution is -0.143. The van der Waals surface area contributed by atoms with Crippen LogP contribution < -0.4 is 0 Å². The number of rotatable bonds is 6. The van der Waals surface area contributed by atoms with Gasteiger partial charge in [0.05, 0.1) is 20.6 Å². The second-order valence-electron chi connectivity index (χ2n) is 4.50. The lowest BCUT2D eigenvalue weighted by atomic mass is 10.1. The van der Waals surface area contributed by atoms with E-state index in [2.05, 4.69) is 9.47 Å². The summed E-state index contributed by atoms with van der Waals surface area (Å²) in [6, 6.07) is 7.03. The van der Waals surface area contributed by atoms with E-state index >= 15 is 0 Å². The highest BCUT2D eigenvalue weighted by atomic mass is 16.5. The minimum absolute atomic E-state index is 0.0189. The Labute approximate surface area is 123 Å². The molecule has 0 aromatic heterocycles. The van der Waals surface area contributed by atoms with Crippen LogP contribution in [0.1, 0.15) is 22.3 Å². The minimum Gasteiger partial charge on any atom is -0.469 e. The summed E-state index contributed by atoms with van der Waals surface area (Å²) >= 11 is 0. The van der Waals surface area contributed by atoms with Crippen LogP contribution in [0.3, 0.4) is 0 Å². The molecule has 6 heteroatoms. The Morgan fingerprint density at radius 1 is 1.10 bits per heavy atom. The highest BCUT2D eigenvalue weighted by molar-refractivity contribution is 5.96. The highest BCUT2D eigenvalue weighted by Crippen LogP contribution is 2.09. The second kappa shape index (κ2) is 8.04. The zero-order chi connectivity index (χ0) is 15.8. The second-order valence-corrected chi connectivity index (χ2v) is 4.50. The third kappa shape index (κ3) is 5.25. The zero-order valence-electron chi connectivity index (χ0n) is 12.4. The normalized spacial score (nSPS) is 9.86. The molecule has 0 fully saturated rings. The number of ether oxygens (including phenoxy) is 2. The Balaban J connectivity index is 2.85. The van der Waals surface area contributed by atoms with E-state index in [4.69, 9.17) is 0 Å². The molecule has 1 amide bonds. The molecule has 0 saturated carbocycles. The topological polar surface area (TPSA) is 72.9 Å². The fourth-order valence-electron chi connectivity index (χ4n) is 1.76. The molecule has 0 aliphatic rings. The van der Waals surface area contributed by atoms with Gasteiger partial charge in [-0.05, 0) is 19.1 Å². The van der Waals surface area contributed by atoms with Crippen LogP contribution in [0.2, 0.25) is 0 Å². The van der Waals surface area contributed by atoms with E-state index in [1.807, 2.05) is 13.0 Å². The van der Waals surface area contributed by atoms with Gasteiger partial charge >= 0.3 is 11.9 Å². The number of amides is 1. The molecular weight excluding hydrogens is 274 g/mol. The number of carbonyl (C=O) groups is 3. The molecule has 0 atom stereocenters. The summed E-state index contributed by atoms with van der Waals surface area (Å²) in [5, 5.41) is 0. The molecule has 6 nitrogen and oxygen atoms in total. The number of esters is 2. The average molecular weight is 293 g/mol. The molecule has 1 rings (SSSR count). The van der Waals surface area contributed by atoms with Gasteiger partial charge in [-0.15, -0.1) is 0 Å². The third-order valence-electron chi connectivity index (χ3n) is 2.91. The molecule has 0 saturated heterocycles. The van der Waals surface area contributed by atoms with Crippen molar-refractivity contribution in [3.05, 3.63) is 35.4 Å². The maximum atomic E-state index is 12.4.